The monoisotopic (exact) mass is 257 g/mol. The summed E-state index contributed by atoms with van der Waals surface area (Å²) in [7, 11) is 0. The third-order valence-corrected chi connectivity index (χ3v) is 2.60. The summed E-state index contributed by atoms with van der Waals surface area (Å²) in [5.74, 6) is 0.874. The molecule has 14 heavy (non-hydrogen) atoms. The van der Waals surface area contributed by atoms with Gasteiger partial charge in [0.15, 0.2) is 0 Å². The standard InChI is InChI=1S/C10H12BrNO2/c11-10-7-9(1-4-12-10)14-8-2-5-13-6-3-8/h1,4,7-8H,2-3,5-6H2. The van der Waals surface area contributed by atoms with Crippen molar-refractivity contribution in [2.75, 3.05) is 13.2 Å². The molecule has 1 aliphatic heterocycles. The van der Waals surface area contributed by atoms with E-state index in [0.29, 0.717) is 0 Å². The van der Waals surface area contributed by atoms with Gasteiger partial charge in [-0.3, -0.25) is 0 Å². The molecule has 0 saturated carbocycles. The van der Waals surface area contributed by atoms with Crippen LogP contribution in [-0.4, -0.2) is 24.3 Å². The molecule has 1 aromatic rings. The summed E-state index contributed by atoms with van der Waals surface area (Å²) < 4.78 is 11.9. The highest BCUT2D eigenvalue weighted by molar-refractivity contribution is 9.10. The molecule has 2 rings (SSSR count). The fraction of sp³-hybridized carbons (Fsp3) is 0.500. The van der Waals surface area contributed by atoms with E-state index in [1.165, 1.54) is 0 Å². The van der Waals surface area contributed by atoms with Crippen LogP contribution in [0.25, 0.3) is 0 Å². The van der Waals surface area contributed by atoms with Crippen molar-refractivity contribution in [3.63, 3.8) is 0 Å². The van der Waals surface area contributed by atoms with Crippen molar-refractivity contribution in [1.29, 1.82) is 0 Å². The highest BCUT2D eigenvalue weighted by atomic mass is 79.9. The summed E-state index contributed by atoms with van der Waals surface area (Å²) in [4.78, 5) is 4.04. The maximum atomic E-state index is 5.79. The zero-order valence-corrected chi connectivity index (χ0v) is 9.37. The van der Waals surface area contributed by atoms with Gasteiger partial charge < -0.3 is 9.47 Å². The van der Waals surface area contributed by atoms with Crippen LogP contribution in [0.3, 0.4) is 0 Å². The molecule has 1 aliphatic rings. The van der Waals surface area contributed by atoms with Crippen molar-refractivity contribution in [2.24, 2.45) is 0 Å². The van der Waals surface area contributed by atoms with E-state index < -0.39 is 0 Å². The van der Waals surface area contributed by atoms with E-state index >= 15 is 0 Å². The van der Waals surface area contributed by atoms with Crippen molar-refractivity contribution >= 4 is 15.9 Å². The zero-order valence-electron chi connectivity index (χ0n) is 7.78. The summed E-state index contributed by atoms with van der Waals surface area (Å²) in [5, 5.41) is 0. The second-order valence-electron chi connectivity index (χ2n) is 3.24. The minimum absolute atomic E-state index is 0.290. The number of rotatable bonds is 2. The molecule has 0 spiro atoms. The average Bonchev–Trinajstić information content (AvgIpc) is 2.19. The number of nitrogens with zero attached hydrogens (tertiary/aromatic N) is 1. The molecule has 0 N–H and O–H groups in total. The van der Waals surface area contributed by atoms with Gasteiger partial charge in [0.25, 0.3) is 0 Å². The van der Waals surface area contributed by atoms with Crippen LogP contribution in [0.5, 0.6) is 5.75 Å². The van der Waals surface area contributed by atoms with Crippen LogP contribution in [0, 0.1) is 0 Å². The minimum Gasteiger partial charge on any atom is -0.490 e. The molecule has 0 amide bonds. The Balaban J connectivity index is 1.95. The maximum absolute atomic E-state index is 5.79. The van der Waals surface area contributed by atoms with E-state index in [0.717, 1.165) is 36.4 Å². The van der Waals surface area contributed by atoms with E-state index in [1.807, 2.05) is 12.1 Å². The lowest BCUT2D eigenvalue weighted by Crippen LogP contribution is -2.25. The number of hydrogen-bond acceptors (Lipinski definition) is 3. The molecule has 76 valence electrons. The number of ether oxygens (including phenoxy) is 2. The van der Waals surface area contributed by atoms with Gasteiger partial charge in [-0.15, -0.1) is 0 Å². The van der Waals surface area contributed by atoms with Crippen LogP contribution < -0.4 is 4.74 Å². The van der Waals surface area contributed by atoms with Crippen LogP contribution in [-0.2, 0) is 4.74 Å². The third-order valence-electron chi connectivity index (χ3n) is 2.17. The first-order valence-corrected chi connectivity index (χ1v) is 5.50. The molecule has 4 heteroatoms. The molecular weight excluding hydrogens is 246 g/mol. The summed E-state index contributed by atoms with van der Waals surface area (Å²) in [6.45, 7) is 1.60. The van der Waals surface area contributed by atoms with E-state index in [2.05, 4.69) is 20.9 Å². The van der Waals surface area contributed by atoms with E-state index in [1.54, 1.807) is 6.20 Å². The fourth-order valence-electron chi connectivity index (χ4n) is 1.44. The second kappa shape index (κ2) is 4.75. The number of pyridine rings is 1. The van der Waals surface area contributed by atoms with Gasteiger partial charge >= 0.3 is 0 Å². The van der Waals surface area contributed by atoms with Gasteiger partial charge in [-0.25, -0.2) is 4.98 Å². The zero-order chi connectivity index (χ0) is 9.80. The Bertz CT molecular complexity index is 300. The minimum atomic E-state index is 0.290. The first-order valence-electron chi connectivity index (χ1n) is 4.70. The van der Waals surface area contributed by atoms with Crippen LogP contribution in [0.1, 0.15) is 12.8 Å². The fourth-order valence-corrected chi connectivity index (χ4v) is 1.79. The smallest absolute Gasteiger partial charge is 0.123 e. The van der Waals surface area contributed by atoms with Gasteiger partial charge in [0, 0.05) is 25.1 Å². The number of halogens is 1. The van der Waals surface area contributed by atoms with Crippen LogP contribution in [0.15, 0.2) is 22.9 Å². The van der Waals surface area contributed by atoms with Crippen molar-refractivity contribution in [3.05, 3.63) is 22.9 Å². The van der Waals surface area contributed by atoms with E-state index in [4.69, 9.17) is 9.47 Å². The highest BCUT2D eigenvalue weighted by Gasteiger charge is 2.15. The molecule has 2 heterocycles. The number of aromatic nitrogens is 1. The van der Waals surface area contributed by atoms with Crippen LogP contribution in [0.2, 0.25) is 0 Å². The molecule has 0 bridgehead atoms. The Kier molecular flexibility index (Phi) is 3.37. The predicted octanol–water partition coefficient (Wildman–Crippen LogP) is 2.40. The van der Waals surface area contributed by atoms with Gasteiger partial charge in [-0.05, 0) is 22.0 Å². The van der Waals surface area contributed by atoms with Gasteiger partial charge in [0.1, 0.15) is 16.5 Å². The Morgan fingerprint density at radius 3 is 2.93 bits per heavy atom. The molecule has 3 nitrogen and oxygen atoms in total. The largest absolute Gasteiger partial charge is 0.490 e. The van der Waals surface area contributed by atoms with Gasteiger partial charge in [-0.2, -0.15) is 0 Å². The molecule has 0 radical (unpaired) electrons. The quantitative estimate of drug-likeness (QED) is 0.763. The summed E-state index contributed by atoms with van der Waals surface area (Å²) >= 11 is 3.31. The van der Waals surface area contributed by atoms with Gasteiger partial charge in [0.05, 0.1) is 13.2 Å². The Morgan fingerprint density at radius 2 is 2.21 bits per heavy atom. The lowest BCUT2D eigenvalue weighted by Gasteiger charge is -2.23. The van der Waals surface area contributed by atoms with Gasteiger partial charge in [-0.1, -0.05) is 0 Å². The summed E-state index contributed by atoms with van der Waals surface area (Å²) in [6.07, 6.45) is 3.97. The third kappa shape index (κ3) is 2.69. The molecule has 0 atom stereocenters. The summed E-state index contributed by atoms with van der Waals surface area (Å²) in [6, 6.07) is 3.76. The van der Waals surface area contributed by atoms with Crippen molar-refractivity contribution in [3.8, 4) is 5.75 Å². The maximum Gasteiger partial charge on any atom is 0.123 e. The van der Waals surface area contributed by atoms with E-state index in [9.17, 15) is 0 Å². The van der Waals surface area contributed by atoms with Crippen LogP contribution in [0.4, 0.5) is 0 Å². The number of hydrogen-bond donors (Lipinski definition) is 0. The molecule has 0 aromatic carbocycles. The molecule has 1 aromatic heterocycles. The molecule has 0 unspecified atom stereocenters. The van der Waals surface area contributed by atoms with Crippen LogP contribution >= 0.6 is 15.9 Å². The van der Waals surface area contributed by atoms with Crippen molar-refractivity contribution in [2.45, 2.75) is 18.9 Å². The topological polar surface area (TPSA) is 31.4 Å². The second-order valence-corrected chi connectivity index (χ2v) is 4.06. The Hall–Kier alpha value is -0.610. The Labute approximate surface area is 91.6 Å². The molecular formula is C10H12BrNO2. The predicted molar refractivity (Wildman–Crippen MR) is 56.4 cm³/mol. The van der Waals surface area contributed by atoms with Gasteiger partial charge in [0.2, 0.25) is 0 Å². The first kappa shape index (κ1) is 9.93. The molecule has 1 saturated heterocycles. The average molecular weight is 258 g/mol. The van der Waals surface area contributed by atoms with Crippen molar-refractivity contribution in [1.82, 2.24) is 4.98 Å². The lowest BCUT2D eigenvalue weighted by molar-refractivity contribution is 0.0255. The SMILES string of the molecule is Brc1cc(OC2CCOCC2)ccn1. The first-order chi connectivity index (χ1) is 6.84. The summed E-state index contributed by atoms with van der Waals surface area (Å²) in [5.41, 5.74) is 0. The lowest BCUT2D eigenvalue weighted by atomic mass is 10.1. The molecule has 0 aliphatic carbocycles. The Morgan fingerprint density at radius 1 is 1.43 bits per heavy atom. The van der Waals surface area contributed by atoms with E-state index in [-0.39, 0.29) is 6.10 Å². The molecule has 1 fully saturated rings. The highest BCUT2D eigenvalue weighted by Crippen LogP contribution is 2.19. The van der Waals surface area contributed by atoms with Crippen molar-refractivity contribution < 1.29 is 9.47 Å². The normalized spacial score (nSPS) is 18.1.